The van der Waals surface area contributed by atoms with Gasteiger partial charge in [0.15, 0.2) is 0 Å². The second kappa shape index (κ2) is 8.40. The second-order valence-electron chi connectivity index (χ2n) is 4.37. The van der Waals surface area contributed by atoms with Crippen LogP contribution in [0.25, 0.3) is 0 Å². The molecule has 1 aromatic rings. The fraction of sp³-hybridized carbons (Fsp3) is 0.571. The molecule has 0 amide bonds. The number of nitrogens with one attached hydrogen (secondary N) is 1. The molecule has 1 aliphatic heterocycles. The molecule has 0 aromatic heterocycles. The lowest BCUT2D eigenvalue weighted by molar-refractivity contribution is 0.285. The number of para-hydroxylation sites is 1. The van der Waals surface area contributed by atoms with E-state index < -0.39 is 0 Å². The minimum absolute atomic E-state index is 0.736. The summed E-state index contributed by atoms with van der Waals surface area (Å²) in [6.07, 6.45) is 0. The third kappa shape index (κ3) is 5.29. The number of nitrogens with zero attached hydrogens (tertiary/aromatic N) is 1. The van der Waals surface area contributed by atoms with E-state index in [1.165, 1.54) is 24.6 Å². The van der Waals surface area contributed by atoms with E-state index in [1.54, 1.807) is 0 Å². The molecule has 0 unspecified atom stereocenters. The molecule has 1 saturated heterocycles. The lowest BCUT2D eigenvalue weighted by Gasteiger charge is -2.26. The van der Waals surface area contributed by atoms with Crippen molar-refractivity contribution in [3.8, 4) is 5.75 Å². The Bertz CT molecular complexity index is 315. The van der Waals surface area contributed by atoms with E-state index in [0.29, 0.717) is 0 Å². The molecule has 1 aliphatic rings. The number of rotatable bonds is 7. The van der Waals surface area contributed by atoms with Gasteiger partial charge in [0.2, 0.25) is 0 Å². The smallest absolute Gasteiger partial charge is 0.119 e. The van der Waals surface area contributed by atoms with Crippen LogP contribution in [0.3, 0.4) is 0 Å². The standard InChI is InChI=1S/C14H22N2OS/c1-2-4-14(5-3-1)17-11-7-15-6-8-16-9-12-18-13-10-16/h1-5,15H,6-13H2. The van der Waals surface area contributed by atoms with Gasteiger partial charge in [-0.05, 0) is 12.1 Å². The first-order valence-corrected chi connectivity index (χ1v) is 7.79. The monoisotopic (exact) mass is 266 g/mol. The summed E-state index contributed by atoms with van der Waals surface area (Å²) in [5, 5.41) is 3.43. The summed E-state index contributed by atoms with van der Waals surface area (Å²) in [6, 6.07) is 9.98. The lowest BCUT2D eigenvalue weighted by atomic mass is 10.3. The molecule has 1 aromatic carbocycles. The van der Waals surface area contributed by atoms with E-state index in [2.05, 4.69) is 22.0 Å². The molecule has 1 fully saturated rings. The van der Waals surface area contributed by atoms with E-state index in [1.807, 2.05) is 30.3 Å². The third-order valence-corrected chi connectivity index (χ3v) is 3.94. The van der Waals surface area contributed by atoms with E-state index in [4.69, 9.17) is 4.74 Å². The maximum absolute atomic E-state index is 5.62. The summed E-state index contributed by atoms with van der Waals surface area (Å²) >= 11 is 2.06. The zero-order chi connectivity index (χ0) is 12.5. The van der Waals surface area contributed by atoms with E-state index in [0.717, 1.165) is 32.0 Å². The molecule has 4 heteroatoms. The van der Waals surface area contributed by atoms with Gasteiger partial charge in [0.1, 0.15) is 12.4 Å². The summed E-state index contributed by atoms with van der Waals surface area (Å²) in [5.41, 5.74) is 0. The summed E-state index contributed by atoms with van der Waals surface area (Å²) < 4.78 is 5.62. The Labute approximate surface area is 114 Å². The van der Waals surface area contributed by atoms with Crippen molar-refractivity contribution in [1.29, 1.82) is 0 Å². The molecule has 0 atom stereocenters. The summed E-state index contributed by atoms with van der Waals surface area (Å²) in [7, 11) is 0. The minimum Gasteiger partial charge on any atom is -0.492 e. The topological polar surface area (TPSA) is 24.5 Å². The van der Waals surface area contributed by atoms with Crippen LogP contribution in [0.5, 0.6) is 5.75 Å². The van der Waals surface area contributed by atoms with Gasteiger partial charge in [-0.2, -0.15) is 11.8 Å². The molecule has 1 heterocycles. The zero-order valence-electron chi connectivity index (χ0n) is 10.8. The highest BCUT2D eigenvalue weighted by atomic mass is 32.2. The Hall–Kier alpha value is -0.710. The van der Waals surface area contributed by atoms with Gasteiger partial charge in [0.05, 0.1) is 0 Å². The Morgan fingerprint density at radius 2 is 1.89 bits per heavy atom. The number of ether oxygens (including phenoxy) is 1. The Kier molecular flexibility index (Phi) is 6.40. The highest BCUT2D eigenvalue weighted by Crippen LogP contribution is 2.08. The van der Waals surface area contributed by atoms with E-state index >= 15 is 0 Å². The van der Waals surface area contributed by atoms with Gasteiger partial charge in [0, 0.05) is 44.2 Å². The van der Waals surface area contributed by atoms with Crippen molar-refractivity contribution in [1.82, 2.24) is 10.2 Å². The number of hydrogen-bond acceptors (Lipinski definition) is 4. The van der Waals surface area contributed by atoms with Crippen LogP contribution in [-0.2, 0) is 0 Å². The summed E-state index contributed by atoms with van der Waals surface area (Å²) in [5.74, 6) is 3.53. The van der Waals surface area contributed by atoms with Gasteiger partial charge < -0.3 is 15.0 Å². The third-order valence-electron chi connectivity index (χ3n) is 3.00. The fourth-order valence-electron chi connectivity index (χ4n) is 1.94. The first-order valence-electron chi connectivity index (χ1n) is 6.64. The quantitative estimate of drug-likeness (QED) is 0.759. The molecule has 0 bridgehead atoms. The van der Waals surface area contributed by atoms with Gasteiger partial charge in [-0.1, -0.05) is 18.2 Å². The van der Waals surface area contributed by atoms with Crippen LogP contribution < -0.4 is 10.1 Å². The van der Waals surface area contributed by atoms with Crippen molar-refractivity contribution in [3.05, 3.63) is 30.3 Å². The normalized spacial score (nSPS) is 16.7. The molecule has 2 rings (SSSR count). The highest BCUT2D eigenvalue weighted by molar-refractivity contribution is 7.99. The highest BCUT2D eigenvalue weighted by Gasteiger charge is 2.08. The molecule has 100 valence electrons. The van der Waals surface area contributed by atoms with Crippen LogP contribution >= 0.6 is 11.8 Å². The fourth-order valence-corrected chi connectivity index (χ4v) is 2.92. The Balaban J connectivity index is 1.46. The van der Waals surface area contributed by atoms with Crippen LogP contribution in [0.15, 0.2) is 30.3 Å². The maximum atomic E-state index is 5.62. The molecule has 0 spiro atoms. The van der Waals surface area contributed by atoms with Crippen molar-refractivity contribution >= 4 is 11.8 Å². The van der Waals surface area contributed by atoms with Crippen LogP contribution in [-0.4, -0.2) is 55.7 Å². The number of hydrogen-bond donors (Lipinski definition) is 1. The lowest BCUT2D eigenvalue weighted by Crippen LogP contribution is -2.38. The average Bonchev–Trinajstić information content (AvgIpc) is 2.45. The predicted octanol–water partition coefficient (Wildman–Crippen LogP) is 1.70. The molecule has 0 radical (unpaired) electrons. The average molecular weight is 266 g/mol. The van der Waals surface area contributed by atoms with Gasteiger partial charge in [-0.15, -0.1) is 0 Å². The van der Waals surface area contributed by atoms with Crippen molar-refractivity contribution in [3.63, 3.8) is 0 Å². The van der Waals surface area contributed by atoms with Crippen molar-refractivity contribution in [2.45, 2.75) is 0 Å². The molecule has 18 heavy (non-hydrogen) atoms. The van der Waals surface area contributed by atoms with Crippen LogP contribution in [0.2, 0.25) is 0 Å². The van der Waals surface area contributed by atoms with Crippen molar-refractivity contribution in [2.24, 2.45) is 0 Å². The molecular weight excluding hydrogens is 244 g/mol. The van der Waals surface area contributed by atoms with Crippen LogP contribution in [0.1, 0.15) is 0 Å². The van der Waals surface area contributed by atoms with Gasteiger partial charge in [-0.3, -0.25) is 0 Å². The first-order chi connectivity index (χ1) is 8.95. The van der Waals surface area contributed by atoms with Crippen LogP contribution in [0, 0.1) is 0 Å². The molecular formula is C14H22N2OS. The van der Waals surface area contributed by atoms with Gasteiger partial charge in [-0.25, -0.2) is 0 Å². The Morgan fingerprint density at radius 3 is 2.67 bits per heavy atom. The number of thioether (sulfide) groups is 1. The SMILES string of the molecule is c1ccc(OCCNCCN2CCSCC2)cc1. The van der Waals surface area contributed by atoms with Crippen molar-refractivity contribution in [2.75, 3.05) is 50.8 Å². The molecule has 3 nitrogen and oxygen atoms in total. The second-order valence-corrected chi connectivity index (χ2v) is 5.59. The minimum atomic E-state index is 0.736. The molecule has 1 N–H and O–H groups in total. The van der Waals surface area contributed by atoms with Crippen molar-refractivity contribution < 1.29 is 4.74 Å². The molecule has 0 saturated carbocycles. The van der Waals surface area contributed by atoms with E-state index in [9.17, 15) is 0 Å². The van der Waals surface area contributed by atoms with Gasteiger partial charge in [0.25, 0.3) is 0 Å². The Morgan fingerprint density at radius 1 is 1.11 bits per heavy atom. The van der Waals surface area contributed by atoms with Gasteiger partial charge >= 0.3 is 0 Å². The summed E-state index contributed by atoms with van der Waals surface area (Å²) in [6.45, 7) is 6.35. The number of benzene rings is 1. The predicted molar refractivity (Wildman–Crippen MR) is 78.6 cm³/mol. The maximum Gasteiger partial charge on any atom is 0.119 e. The van der Waals surface area contributed by atoms with Crippen LogP contribution in [0.4, 0.5) is 0 Å². The first kappa shape index (κ1) is 13.7. The summed E-state index contributed by atoms with van der Waals surface area (Å²) in [4.78, 5) is 2.53. The van der Waals surface area contributed by atoms with E-state index in [-0.39, 0.29) is 0 Å². The molecule has 0 aliphatic carbocycles. The zero-order valence-corrected chi connectivity index (χ0v) is 11.6. The largest absolute Gasteiger partial charge is 0.492 e.